The molecule has 0 aliphatic carbocycles. The molecule has 2 rings (SSSR count). The van der Waals surface area contributed by atoms with Crippen LogP contribution in [0.1, 0.15) is 11.1 Å². The Morgan fingerprint density at radius 1 is 0.655 bits per heavy atom. The Hall–Kier alpha value is -1.22. The van der Waals surface area contributed by atoms with Crippen LogP contribution in [0.4, 0.5) is 0 Å². The van der Waals surface area contributed by atoms with E-state index in [1.54, 1.807) is 52.0 Å². The van der Waals surface area contributed by atoms with Crippen LogP contribution in [-0.4, -0.2) is 33.5 Å². The summed E-state index contributed by atoms with van der Waals surface area (Å²) in [6, 6.07) is 7.70. The third-order valence-electron chi connectivity index (χ3n) is 3.83. The predicted molar refractivity (Wildman–Crippen MR) is 133 cm³/mol. The molecule has 0 aromatic heterocycles. The third kappa shape index (κ3) is 6.91. The van der Waals surface area contributed by atoms with Gasteiger partial charge in [-0.25, -0.2) is 0 Å². The molecule has 0 aliphatic rings. The summed E-state index contributed by atoms with van der Waals surface area (Å²) in [4.78, 5) is 0. The number of hydrogen-bond donors (Lipinski definition) is 0. The molecule has 156 valence electrons. The lowest BCUT2D eigenvalue weighted by molar-refractivity contribution is 0.354. The number of rotatable bonds is 10. The zero-order valence-corrected chi connectivity index (χ0v) is 21.3. The SMILES string of the molecule is COc1cc(Br)c(/C=C/SCS/C=C/c2cc(OC)c(OC)cc2Br)cc1OC. The topological polar surface area (TPSA) is 36.9 Å². The maximum absolute atomic E-state index is 5.35. The smallest absolute Gasteiger partial charge is 0.161 e. The number of halogens is 2. The summed E-state index contributed by atoms with van der Waals surface area (Å²) in [5, 5.41) is 5.03. The number of ether oxygens (including phenoxy) is 4. The number of hydrogen-bond acceptors (Lipinski definition) is 6. The summed E-state index contributed by atoms with van der Waals surface area (Å²) in [6.45, 7) is 0. The largest absolute Gasteiger partial charge is 0.493 e. The van der Waals surface area contributed by atoms with E-state index in [2.05, 4.69) is 42.7 Å². The lowest BCUT2D eigenvalue weighted by Gasteiger charge is -2.09. The number of methoxy groups -OCH3 is 4. The summed E-state index contributed by atoms with van der Waals surface area (Å²) in [7, 11) is 6.52. The lowest BCUT2D eigenvalue weighted by Crippen LogP contribution is -1.91. The number of thioether (sulfide) groups is 2. The minimum absolute atomic E-state index is 0.700. The van der Waals surface area contributed by atoms with Gasteiger partial charge in [0.05, 0.1) is 28.4 Å². The first-order valence-corrected chi connectivity index (χ1v) is 12.1. The van der Waals surface area contributed by atoms with E-state index < -0.39 is 0 Å². The zero-order valence-electron chi connectivity index (χ0n) is 16.5. The maximum Gasteiger partial charge on any atom is 0.161 e. The highest BCUT2D eigenvalue weighted by atomic mass is 79.9. The van der Waals surface area contributed by atoms with Crippen molar-refractivity contribution in [1.82, 2.24) is 0 Å². The molecule has 0 amide bonds. The molecule has 0 N–H and O–H groups in total. The van der Waals surface area contributed by atoms with Gasteiger partial charge in [-0.1, -0.05) is 31.9 Å². The van der Waals surface area contributed by atoms with Crippen molar-refractivity contribution in [1.29, 1.82) is 0 Å². The van der Waals surface area contributed by atoms with Gasteiger partial charge in [-0.2, -0.15) is 0 Å². The van der Waals surface area contributed by atoms with Crippen LogP contribution in [0.25, 0.3) is 12.2 Å². The second-order valence-electron chi connectivity index (χ2n) is 5.51. The lowest BCUT2D eigenvalue weighted by atomic mass is 10.2. The third-order valence-corrected chi connectivity index (χ3v) is 6.95. The van der Waals surface area contributed by atoms with Crippen molar-refractivity contribution in [3.05, 3.63) is 55.2 Å². The molecule has 0 fully saturated rings. The Kier molecular flexibility index (Phi) is 10.3. The van der Waals surface area contributed by atoms with E-state index in [4.69, 9.17) is 18.9 Å². The van der Waals surface area contributed by atoms with Gasteiger partial charge in [0.15, 0.2) is 23.0 Å². The molecule has 0 saturated carbocycles. The fourth-order valence-corrected chi connectivity index (χ4v) is 4.69. The second-order valence-corrected chi connectivity index (χ2v) is 9.38. The van der Waals surface area contributed by atoms with E-state index in [0.29, 0.717) is 23.0 Å². The van der Waals surface area contributed by atoms with Crippen molar-refractivity contribution in [3.63, 3.8) is 0 Å². The fourth-order valence-electron chi connectivity index (χ4n) is 2.36. The van der Waals surface area contributed by atoms with E-state index in [1.807, 2.05) is 36.4 Å². The zero-order chi connectivity index (χ0) is 21.2. The van der Waals surface area contributed by atoms with Crippen LogP contribution >= 0.6 is 55.4 Å². The highest BCUT2D eigenvalue weighted by Gasteiger charge is 2.08. The van der Waals surface area contributed by atoms with Gasteiger partial charge in [0.1, 0.15) is 0 Å². The monoisotopic (exact) mass is 560 g/mol. The molecule has 0 unspecified atom stereocenters. The van der Waals surface area contributed by atoms with Crippen molar-refractivity contribution < 1.29 is 18.9 Å². The van der Waals surface area contributed by atoms with Gasteiger partial charge in [0.25, 0.3) is 0 Å². The normalized spacial score (nSPS) is 11.2. The quantitative estimate of drug-likeness (QED) is 0.223. The van der Waals surface area contributed by atoms with Crippen LogP contribution in [-0.2, 0) is 0 Å². The molecule has 0 spiro atoms. The van der Waals surface area contributed by atoms with Gasteiger partial charge >= 0.3 is 0 Å². The molecule has 0 aliphatic heterocycles. The summed E-state index contributed by atoms with van der Waals surface area (Å²) < 4.78 is 23.2. The van der Waals surface area contributed by atoms with E-state index in [1.165, 1.54) is 0 Å². The van der Waals surface area contributed by atoms with Gasteiger partial charge in [0.2, 0.25) is 0 Å². The Bertz CT molecular complexity index is 814. The summed E-state index contributed by atoms with van der Waals surface area (Å²) in [5.41, 5.74) is 2.06. The van der Waals surface area contributed by atoms with E-state index in [9.17, 15) is 0 Å². The average molecular weight is 562 g/mol. The fraction of sp³-hybridized carbons (Fsp3) is 0.238. The molecule has 0 bridgehead atoms. The van der Waals surface area contributed by atoms with Crippen molar-refractivity contribution in [3.8, 4) is 23.0 Å². The van der Waals surface area contributed by atoms with Gasteiger partial charge in [0, 0.05) is 14.0 Å². The Morgan fingerprint density at radius 2 is 1.00 bits per heavy atom. The van der Waals surface area contributed by atoms with Crippen LogP contribution in [0.5, 0.6) is 23.0 Å². The van der Waals surface area contributed by atoms with Crippen LogP contribution < -0.4 is 18.9 Å². The van der Waals surface area contributed by atoms with Crippen molar-refractivity contribution in [2.45, 2.75) is 0 Å². The molecule has 0 heterocycles. The minimum Gasteiger partial charge on any atom is -0.493 e. The van der Waals surface area contributed by atoms with Crippen molar-refractivity contribution in [2.24, 2.45) is 0 Å². The molecule has 4 nitrogen and oxygen atoms in total. The van der Waals surface area contributed by atoms with Gasteiger partial charge < -0.3 is 18.9 Å². The molecule has 0 saturated heterocycles. The van der Waals surface area contributed by atoms with Crippen molar-refractivity contribution in [2.75, 3.05) is 33.5 Å². The van der Waals surface area contributed by atoms with Crippen LogP contribution in [0.3, 0.4) is 0 Å². The standard InChI is InChI=1S/C21H22Br2O4S2/c1-24-18-9-14(16(22)11-20(18)26-3)5-7-28-13-29-8-6-15-10-19(25-2)21(27-4)12-17(15)23/h5-12H,13H2,1-4H3/b7-5+,8-6+. The Labute approximate surface area is 197 Å². The maximum atomic E-state index is 5.35. The van der Waals surface area contributed by atoms with Crippen LogP contribution in [0, 0.1) is 0 Å². The Morgan fingerprint density at radius 3 is 1.34 bits per heavy atom. The van der Waals surface area contributed by atoms with Crippen LogP contribution in [0.15, 0.2) is 44.0 Å². The molecule has 2 aromatic carbocycles. The van der Waals surface area contributed by atoms with E-state index in [0.717, 1.165) is 25.2 Å². The Balaban J connectivity index is 1.90. The highest BCUT2D eigenvalue weighted by Crippen LogP contribution is 2.35. The first kappa shape index (κ1) is 24.1. The van der Waals surface area contributed by atoms with Gasteiger partial charge in [-0.3, -0.25) is 0 Å². The number of benzene rings is 2. The average Bonchev–Trinajstić information content (AvgIpc) is 2.74. The van der Waals surface area contributed by atoms with Gasteiger partial charge in [-0.05, 0) is 58.4 Å². The molecule has 29 heavy (non-hydrogen) atoms. The molecular weight excluding hydrogens is 540 g/mol. The molecular formula is C21H22Br2O4S2. The second kappa shape index (κ2) is 12.5. The molecule has 0 radical (unpaired) electrons. The van der Waals surface area contributed by atoms with Crippen molar-refractivity contribution >= 4 is 67.5 Å². The van der Waals surface area contributed by atoms with E-state index >= 15 is 0 Å². The van der Waals surface area contributed by atoms with Gasteiger partial charge in [-0.15, -0.1) is 23.5 Å². The highest BCUT2D eigenvalue weighted by molar-refractivity contribution is 9.10. The van der Waals surface area contributed by atoms with Crippen LogP contribution in [0.2, 0.25) is 0 Å². The minimum atomic E-state index is 0.700. The predicted octanol–water partition coefficient (Wildman–Crippen LogP) is 7.31. The van der Waals surface area contributed by atoms with E-state index in [-0.39, 0.29) is 0 Å². The summed E-state index contributed by atoms with van der Waals surface area (Å²) >= 11 is 10.6. The summed E-state index contributed by atoms with van der Waals surface area (Å²) in [6.07, 6.45) is 4.10. The molecule has 2 aromatic rings. The summed E-state index contributed by atoms with van der Waals surface area (Å²) in [5.74, 6) is 2.81. The molecule has 0 atom stereocenters. The first-order valence-electron chi connectivity index (χ1n) is 8.43. The molecule has 8 heteroatoms. The first-order chi connectivity index (χ1) is 14.0.